The van der Waals surface area contributed by atoms with E-state index in [4.69, 9.17) is 4.74 Å². The van der Waals surface area contributed by atoms with Crippen molar-refractivity contribution < 1.29 is 13.9 Å². The summed E-state index contributed by atoms with van der Waals surface area (Å²) in [4.78, 5) is 13.0. The number of hydrogen-bond acceptors (Lipinski definition) is 3. The van der Waals surface area contributed by atoms with Crippen LogP contribution in [0, 0.1) is 12.7 Å². The van der Waals surface area contributed by atoms with Gasteiger partial charge in [-0.3, -0.25) is 0 Å². The van der Waals surface area contributed by atoms with Crippen LogP contribution in [0.15, 0.2) is 29.6 Å². The van der Waals surface area contributed by atoms with Crippen molar-refractivity contribution in [1.82, 2.24) is 0 Å². The third-order valence-electron chi connectivity index (χ3n) is 2.74. The average molecular weight is 292 g/mol. The van der Waals surface area contributed by atoms with Gasteiger partial charge in [0, 0.05) is 10.3 Å². The summed E-state index contributed by atoms with van der Waals surface area (Å²) in [6.45, 7) is 7.36. The largest absolute Gasteiger partial charge is 0.456 e. The Morgan fingerprint density at radius 2 is 2.00 bits per heavy atom. The quantitative estimate of drug-likeness (QED) is 0.742. The highest BCUT2D eigenvalue weighted by Crippen LogP contribution is 2.33. The second-order valence-electron chi connectivity index (χ2n) is 5.62. The Morgan fingerprint density at radius 1 is 1.30 bits per heavy atom. The van der Waals surface area contributed by atoms with Crippen LogP contribution in [-0.4, -0.2) is 11.6 Å². The van der Waals surface area contributed by atoms with E-state index < -0.39 is 5.60 Å². The van der Waals surface area contributed by atoms with E-state index in [1.165, 1.54) is 23.5 Å². The molecule has 0 aliphatic rings. The van der Waals surface area contributed by atoms with Gasteiger partial charge in [0.25, 0.3) is 0 Å². The molecular weight excluding hydrogens is 275 g/mol. The van der Waals surface area contributed by atoms with Crippen molar-refractivity contribution in [3.63, 3.8) is 0 Å². The van der Waals surface area contributed by atoms with Crippen LogP contribution >= 0.6 is 11.3 Å². The van der Waals surface area contributed by atoms with E-state index in [2.05, 4.69) is 0 Å². The van der Waals surface area contributed by atoms with E-state index in [0.717, 1.165) is 16.0 Å². The lowest BCUT2D eigenvalue weighted by molar-refractivity contribution is 0.00694. The van der Waals surface area contributed by atoms with E-state index in [1.54, 1.807) is 11.4 Å². The molecule has 20 heavy (non-hydrogen) atoms. The fourth-order valence-electron chi connectivity index (χ4n) is 1.87. The van der Waals surface area contributed by atoms with Gasteiger partial charge in [0.05, 0.1) is 5.56 Å². The summed E-state index contributed by atoms with van der Waals surface area (Å²) in [5.74, 6) is -0.622. The Morgan fingerprint density at radius 3 is 2.60 bits per heavy atom. The van der Waals surface area contributed by atoms with Gasteiger partial charge in [-0.15, -0.1) is 11.3 Å². The summed E-state index contributed by atoms with van der Waals surface area (Å²) in [5, 5.41) is 1.77. The zero-order valence-corrected chi connectivity index (χ0v) is 12.8. The number of ether oxygens (including phenoxy) is 1. The van der Waals surface area contributed by atoms with E-state index in [0.29, 0.717) is 5.56 Å². The Labute approximate surface area is 122 Å². The van der Waals surface area contributed by atoms with E-state index in [1.807, 2.05) is 33.8 Å². The monoisotopic (exact) mass is 292 g/mol. The molecule has 106 valence electrons. The van der Waals surface area contributed by atoms with Gasteiger partial charge in [-0.1, -0.05) is 12.1 Å². The number of benzene rings is 1. The first kappa shape index (κ1) is 14.7. The molecule has 0 aliphatic carbocycles. The van der Waals surface area contributed by atoms with Crippen molar-refractivity contribution in [1.29, 1.82) is 0 Å². The molecule has 0 saturated heterocycles. The smallest absolute Gasteiger partial charge is 0.339 e. The first-order valence-corrected chi connectivity index (χ1v) is 7.23. The second-order valence-corrected chi connectivity index (χ2v) is 6.50. The summed E-state index contributed by atoms with van der Waals surface area (Å²) in [5.41, 5.74) is 1.63. The summed E-state index contributed by atoms with van der Waals surface area (Å²) < 4.78 is 18.7. The minimum Gasteiger partial charge on any atom is -0.456 e. The Bertz CT molecular complexity index is 638. The van der Waals surface area contributed by atoms with Crippen molar-refractivity contribution in [2.45, 2.75) is 33.3 Å². The lowest BCUT2D eigenvalue weighted by Crippen LogP contribution is -2.24. The minimum atomic E-state index is -0.523. The zero-order chi connectivity index (χ0) is 14.9. The van der Waals surface area contributed by atoms with Gasteiger partial charge in [-0.2, -0.15) is 0 Å². The fourth-order valence-corrected chi connectivity index (χ4v) is 2.92. The maximum absolute atomic E-state index is 13.3. The molecule has 0 bridgehead atoms. The van der Waals surface area contributed by atoms with Crippen molar-refractivity contribution >= 4 is 17.3 Å². The number of carbonyl (C=O) groups excluding carboxylic acids is 1. The normalized spacial score (nSPS) is 11.4. The van der Waals surface area contributed by atoms with Crippen LogP contribution < -0.4 is 0 Å². The maximum atomic E-state index is 13.3. The fraction of sp³-hybridized carbons (Fsp3) is 0.312. The molecule has 2 aromatic rings. The highest BCUT2D eigenvalue weighted by atomic mass is 32.1. The van der Waals surface area contributed by atoms with Gasteiger partial charge < -0.3 is 4.74 Å². The molecule has 2 nitrogen and oxygen atoms in total. The molecule has 2 rings (SSSR count). The molecule has 1 heterocycles. The molecular formula is C16H17FO2S. The molecule has 0 N–H and O–H groups in total. The second kappa shape index (κ2) is 5.37. The van der Waals surface area contributed by atoms with Gasteiger partial charge in [-0.05, 0) is 51.0 Å². The van der Waals surface area contributed by atoms with Crippen molar-refractivity contribution in [2.75, 3.05) is 0 Å². The van der Waals surface area contributed by atoms with E-state index >= 15 is 0 Å². The van der Waals surface area contributed by atoms with Crippen molar-refractivity contribution in [3.8, 4) is 10.4 Å². The third kappa shape index (κ3) is 3.25. The molecule has 1 aromatic heterocycles. The first-order chi connectivity index (χ1) is 9.28. The first-order valence-electron chi connectivity index (χ1n) is 6.35. The van der Waals surface area contributed by atoms with Crippen LogP contribution in [0.3, 0.4) is 0 Å². The van der Waals surface area contributed by atoms with Crippen LogP contribution in [0.2, 0.25) is 0 Å². The van der Waals surface area contributed by atoms with Crippen LogP contribution in [-0.2, 0) is 4.74 Å². The lowest BCUT2D eigenvalue weighted by atomic mass is 10.1. The number of thiophene rings is 1. The highest BCUT2D eigenvalue weighted by molar-refractivity contribution is 7.14. The molecule has 0 saturated carbocycles. The molecule has 0 radical (unpaired) electrons. The topological polar surface area (TPSA) is 26.3 Å². The SMILES string of the molecule is Cc1c(C(=O)OC(C)(C)C)csc1-c1cccc(F)c1. The van der Waals surface area contributed by atoms with E-state index in [9.17, 15) is 9.18 Å². The predicted octanol–water partition coefficient (Wildman–Crippen LogP) is 4.82. The Balaban J connectivity index is 2.34. The Hall–Kier alpha value is -1.68. The van der Waals surface area contributed by atoms with Crippen LogP contribution in [0.5, 0.6) is 0 Å². The average Bonchev–Trinajstić information content (AvgIpc) is 2.69. The van der Waals surface area contributed by atoms with Gasteiger partial charge in [0.2, 0.25) is 0 Å². The van der Waals surface area contributed by atoms with Gasteiger partial charge in [0.15, 0.2) is 0 Å². The number of carbonyl (C=O) groups is 1. The number of rotatable bonds is 2. The van der Waals surface area contributed by atoms with Gasteiger partial charge in [-0.25, -0.2) is 9.18 Å². The minimum absolute atomic E-state index is 0.283. The lowest BCUT2D eigenvalue weighted by Gasteiger charge is -2.19. The molecule has 0 amide bonds. The molecule has 0 unspecified atom stereocenters. The predicted molar refractivity (Wildman–Crippen MR) is 79.6 cm³/mol. The molecule has 4 heteroatoms. The summed E-state index contributed by atoms with van der Waals surface area (Å²) in [6.07, 6.45) is 0. The van der Waals surface area contributed by atoms with Gasteiger partial charge in [0.1, 0.15) is 11.4 Å². The highest BCUT2D eigenvalue weighted by Gasteiger charge is 2.22. The van der Waals surface area contributed by atoms with Crippen LogP contribution in [0.4, 0.5) is 4.39 Å². The van der Waals surface area contributed by atoms with Crippen LogP contribution in [0.1, 0.15) is 36.7 Å². The third-order valence-corrected chi connectivity index (χ3v) is 3.88. The molecule has 0 spiro atoms. The van der Waals surface area contributed by atoms with Crippen molar-refractivity contribution in [3.05, 3.63) is 46.6 Å². The standard InChI is InChI=1S/C16H17FO2S/c1-10-13(15(18)19-16(2,3)4)9-20-14(10)11-6-5-7-12(17)8-11/h5-9H,1-4H3. The Kier molecular flexibility index (Phi) is 3.95. The van der Waals surface area contributed by atoms with Crippen LogP contribution in [0.25, 0.3) is 10.4 Å². The molecule has 0 fully saturated rings. The number of esters is 1. The van der Waals surface area contributed by atoms with Crippen molar-refractivity contribution in [2.24, 2.45) is 0 Å². The number of halogens is 1. The zero-order valence-electron chi connectivity index (χ0n) is 12.0. The number of hydrogen-bond donors (Lipinski definition) is 0. The summed E-state index contributed by atoms with van der Waals surface area (Å²) >= 11 is 1.42. The summed E-state index contributed by atoms with van der Waals surface area (Å²) in [6, 6.07) is 6.37. The molecule has 1 aromatic carbocycles. The molecule has 0 atom stereocenters. The van der Waals surface area contributed by atoms with Gasteiger partial charge >= 0.3 is 5.97 Å². The maximum Gasteiger partial charge on any atom is 0.339 e. The molecule has 0 aliphatic heterocycles. The summed E-state index contributed by atoms with van der Waals surface area (Å²) in [7, 11) is 0. The van der Waals surface area contributed by atoms with E-state index in [-0.39, 0.29) is 11.8 Å².